The molecule has 0 spiro atoms. The number of rotatable bonds is 6. The molecular weight excluding hydrogens is 334 g/mol. The van der Waals surface area contributed by atoms with Gasteiger partial charge in [-0.3, -0.25) is 4.90 Å². The summed E-state index contributed by atoms with van der Waals surface area (Å²) < 4.78 is 9.79. The summed E-state index contributed by atoms with van der Waals surface area (Å²) >= 11 is 0. The van der Waals surface area contributed by atoms with Crippen LogP contribution < -0.4 is 10.2 Å². The molecule has 0 saturated carbocycles. The van der Waals surface area contributed by atoms with Gasteiger partial charge in [-0.2, -0.15) is 5.26 Å². The number of aryl methyl sites for hydroxylation is 1. The van der Waals surface area contributed by atoms with Crippen LogP contribution in [0, 0.1) is 18.3 Å². The van der Waals surface area contributed by atoms with E-state index in [1.807, 2.05) is 32.0 Å². The maximum Gasteiger partial charge on any atom is 0.414 e. The Balaban J connectivity index is 2.15. The number of anilines is 1. The topological polar surface area (TPSA) is 91.7 Å². The molecule has 1 heterocycles. The van der Waals surface area contributed by atoms with Crippen LogP contribution in [-0.2, 0) is 14.9 Å². The van der Waals surface area contributed by atoms with Crippen LogP contribution in [0.3, 0.4) is 0 Å². The minimum atomic E-state index is -0.564. The first-order valence-electron chi connectivity index (χ1n) is 8.67. The highest BCUT2D eigenvalue weighted by molar-refractivity contribution is 5.90. The Kier molecular flexibility index (Phi) is 6.09. The van der Waals surface area contributed by atoms with Gasteiger partial charge in [-0.25, -0.2) is 9.59 Å². The maximum absolute atomic E-state index is 12.2. The van der Waals surface area contributed by atoms with Gasteiger partial charge in [-0.1, -0.05) is 19.4 Å². The zero-order chi connectivity index (χ0) is 19.3. The smallest absolute Gasteiger partial charge is 0.414 e. The standard InChI is InChI=1S/C19H25N3O4/c1-5-8-19(3,12-20)16-7-6-14(9-13(16)2)22-11-15(26-18(22)24)10-21-17(23)25-4/h6-7,9,15H,5,8,10-11H2,1-4H3,(H,21,23). The van der Waals surface area contributed by atoms with E-state index >= 15 is 0 Å². The highest BCUT2D eigenvalue weighted by Crippen LogP contribution is 2.33. The average Bonchev–Trinajstić information content (AvgIpc) is 3.00. The molecule has 2 rings (SSSR count). The van der Waals surface area contributed by atoms with Crippen molar-refractivity contribution in [1.29, 1.82) is 5.26 Å². The zero-order valence-corrected chi connectivity index (χ0v) is 15.7. The van der Waals surface area contributed by atoms with Gasteiger partial charge in [0, 0.05) is 5.69 Å². The van der Waals surface area contributed by atoms with E-state index in [9.17, 15) is 14.9 Å². The molecule has 1 aliphatic rings. The summed E-state index contributed by atoms with van der Waals surface area (Å²) in [4.78, 5) is 24.8. The number of hydrogen-bond acceptors (Lipinski definition) is 5. The molecule has 0 aromatic heterocycles. The Morgan fingerprint density at radius 3 is 2.85 bits per heavy atom. The number of cyclic esters (lactones) is 1. The second kappa shape index (κ2) is 8.09. The molecule has 26 heavy (non-hydrogen) atoms. The van der Waals surface area contributed by atoms with E-state index < -0.39 is 23.7 Å². The number of nitrogens with one attached hydrogen (secondary N) is 1. The summed E-state index contributed by atoms with van der Waals surface area (Å²) in [5, 5.41) is 12.1. The molecule has 2 unspecified atom stereocenters. The molecule has 2 amide bonds. The molecule has 0 aliphatic carbocycles. The number of hydrogen-bond donors (Lipinski definition) is 1. The van der Waals surface area contributed by atoms with Crippen LogP contribution >= 0.6 is 0 Å². The lowest BCUT2D eigenvalue weighted by Crippen LogP contribution is -2.34. The van der Waals surface area contributed by atoms with Crippen molar-refractivity contribution in [3.8, 4) is 6.07 Å². The average molecular weight is 359 g/mol. The van der Waals surface area contributed by atoms with Crippen molar-refractivity contribution in [2.45, 2.75) is 45.1 Å². The lowest BCUT2D eigenvalue weighted by molar-refractivity contribution is 0.132. The molecule has 7 nitrogen and oxygen atoms in total. The highest BCUT2D eigenvalue weighted by atomic mass is 16.6. The van der Waals surface area contributed by atoms with Crippen molar-refractivity contribution in [2.24, 2.45) is 0 Å². The number of ether oxygens (including phenoxy) is 2. The summed E-state index contributed by atoms with van der Waals surface area (Å²) in [6.07, 6.45) is 0.234. The lowest BCUT2D eigenvalue weighted by Gasteiger charge is -2.25. The summed E-state index contributed by atoms with van der Waals surface area (Å²) in [5.74, 6) is 0. The SMILES string of the molecule is CCCC(C)(C#N)c1ccc(N2CC(CNC(=O)OC)OC2=O)cc1C. The first kappa shape index (κ1) is 19.6. The molecule has 2 atom stereocenters. The van der Waals surface area contributed by atoms with Gasteiger partial charge in [-0.15, -0.1) is 0 Å². The third kappa shape index (κ3) is 4.07. The Bertz CT molecular complexity index is 728. The van der Waals surface area contributed by atoms with Crippen molar-refractivity contribution in [3.63, 3.8) is 0 Å². The molecule has 0 radical (unpaired) electrons. The van der Waals surface area contributed by atoms with Gasteiger partial charge in [0.05, 0.1) is 31.7 Å². The van der Waals surface area contributed by atoms with Crippen molar-refractivity contribution >= 4 is 17.9 Å². The summed E-state index contributed by atoms with van der Waals surface area (Å²) in [6, 6.07) is 8.07. The number of methoxy groups -OCH3 is 1. The van der Waals surface area contributed by atoms with E-state index in [2.05, 4.69) is 23.0 Å². The fourth-order valence-electron chi connectivity index (χ4n) is 3.29. The van der Waals surface area contributed by atoms with Gasteiger partial charge < -0.3 is 14.8 Å². The van der Waals surface area contributed by atoms with Gasteiger partial charge in [0.15, 0.2) is 0 Å². The van der Waals surface area contributed by atoms with Crippen LogP contribution in [0.4, 0.5) is 15.3 Å². The number of nitrogens with zero attached hydrogens (tertiary/aromatic N) is 2. The normalized spacial score (nSPS) is 18.7. The first-order chi connectivity index (χ1) is 12.3. The van der Waals surface area contributed by atoms with Gasteiger partial charge in [0.1, 0.15) is 6.10 Å². The van der Waals surface area contributed by atoms with E-state index in [0.717, 1.165) is 24.0 Å². The minimum Gasteiger partial charge on any atom is -0.453 e. The summed E-state index contributed by atoms with van der Waals surface area (Å²) in [7, 11) is 1.28. The Morgan fingerprint density at radius 2 is 2.27 bits per heavy atom. The largest absolute Gasteiger partial charge is 0.453 e. The zero-order valence-electron chi connectivity index (χ0n) is 15.7. The van der Waals surface area contributed by atoms with Crippen LogP contribution in [0.25, 0.3) is 0 Å². The second-order valence-corrected chi connectivity index (χ2v) is 6.68. The highest BCUT2D eigenvalue weighted by Gasteiger charge is 2.34. The molecule has 0 bridgehead atoms. The van der Waals surface area contributed by atoms with E-state index in [0.29, 0.717) is 12.2 Å². The molecule has 140 valence electrons. The molecule has 1 aromatic rings. The number of carbonyl (C=O) groups is 2. The predicted octanol–water partition coefficient (Wildman–Crippen LogP) is 3.26. The molecule has 1 fully saturated rings. The molecular formula is C19H25N3O4. The monoisotopic (exact) mass is 359 g/mol. The number of alkyl carbamates (subject to hydrolysis) is 1. The van der Waals surface area contributed by atoms with Crippen molar-refractivity contribution in [2.75, 3.05) is 25.1 Å². The molecule has 1 saturated heterocycles. The lowest BCUT2D eigenvalue weighted by atomic mass is 9.78. The molecule has 1 N–H and O–H groups in total. The Labute approximate surface area is 153 Å². The Morgan fingerprint density at radius 1 is 1.54 bits per heavy atom. The molecule has 1 aromatic carbocycles. The fraction of sp³-hybridized carbons (Fsp3) is 0.526. The van der Waals surface area contributed by atoms with Crippen LogP contribution in [-0.4, -0.2) is 38.5 Å². The van der Waals surface area contributed by atoms with E-state index in [4.69, 9.17) is 4.74 Å². The fourth-order valence-corrected chi connectivity index (χ4v) is 3.29. The number of amides is 2. The summed E-state index contributed by atoms with van der Waals surface area (Å²) in [6.45, 7) is 6.47. The van der Waals surface area contributed by atoms with Crippen molar-refractivity contribution in [1.82, 2.24) is 5.32 Å². The third-order valence-electron chi connectivity index (χ3n) is 4.65. The van der Waals surface area contributed by atoms with Gasteiger partial charge in [0.25, 0.3) is 0 Å². The van der Waals surface area contributed by atoms with E-state index in [-0.39, 0.29) is 6.54 Å². The Hall–Kier alpha value is -2.75. The van der Waals surface area contributed by atoms with Gasteiger partial charge >= 0.3 is 12.2 Å². The second-order valence-electron chi connectivity index (χ2n) is 6.68. The number of nitriles is 1. The van der Waals surface area contributed by atoms with E-state index in [1.54, 1.807) is 0 Å². The quantitative estimate of drug-likeness (QED) is 0.842. The predicted molar refractivity (Wildman–Crippen MR) is 97.1 cm³/mol. The van der Waals surface area contributed by atoms with Crippen LogP contribution in [0.2, 0.25) is 0 Å². The van der Waals surface area contributed by atoms with Gasteiger partial charge in [-0.05, 0) is 43.5 Å². The van der Waals surface area contributed by atoms with Crippen LogP contribution in [0.5, 0.6) is 0 Å². The first-order valence-corrected chi connectivity index (χ1v) is 8.67. The summed E-state index contributed by atoms with van der Waals surface area (Å²) in [5.41, 5.74) is 2.11. The molecule has 1 aliphatic heterocycles. The van der Waals surface area contributed by atoms with Crippen LogP contribution in [0.1, 0.15) is 37.8 Å². The van der Waals surface area contributed by atoms with E-state index in [1.165, 1.54) is 12.0 Å². The van der Waals surface area contributed by atoms with Gasteiger partial charge in [0.2, 0.25) is 0 Å². The number of benzene rings is 1. The molecule has 7 heteroatoms. The minimum absolute atomic E-state index is 0.189. The maximum atomic E-state index is 12.2. The van der Waals surface area contributed by atoms with Crippen LogP contribution in [0.15, 0.2) is 18.2 Å². The number of carbonyl (C=O) groups excluding carboxylic acids is 2. The third-order valence-corrected chi connectivity index (χ3v) is 4.65. The van der Waals surface area contributed by atoms with Crippen molar-refractivity contribution < 1.29 is 19.1 Å². The van der Waals surface area contributed by atoms with Crippen molar-refractivity contribution in [3.05, 3.63) is 29.3 Å².